The van der Waals surface area contributed by atoms with Crippen LogP contribution in [-0.2, 0) is 17.8 Å². The monoisotopic (exact) mass is 382 g/mol. The maximum absolute atomic E-state index is 11.2. The Kier molecular flexibility index (Phi) is 7.06. The Morgan fingerprint density at radius 1 is 1.29 bits per heavy atom. The Morgan fingerprint density at radius 2 is 2.07 bits per heavy atom. The lowest BCUT2D eigenvalue weighted by molar-refractivity contribution is -0.119. The number of ether oxygens (including phenoxy) is 1. The number of nitrogens with two attached hydrogens (primary N) is 1. The molecule has 3 rings (SSSR count). The maximum Gasteiger partial charge on any atom is 0.217 e. The van der Waals surface area contributed by atoms with E-state index < -0.39 is 6.10 Å². The summed E-state index contributed by atoms with van der Waals surface area (Å²) in [7, 11) is 0. The lowest BCUT2D eigenvalue weighted by atomic mass is 9.86. The van der Waals surface area contributed by atoms with Gasteiger partial charge in [-0.05, 0) is 60.4 Å². The third-order valence-corrected chi connectivity index (χ3v) is 5.40. The Bertz CT molecular complexity index is 779. The van der Waals surface area contributed by atoms with Crippen molar-refractivity contribution in [2.45, 2.75) is 51.3 Å². The van der Waals surface area contributed by atoms with Crippen molar-refractivity contribution in [3.8, 4) is 5.75 Å². The number of carbonyl (C=O) groups excluding carboxylic acids is 1. The standard InChI is InChI=1S/C23H30N2O3/c1-16(26)25-14-17-10-11-18-6-5-7-19(23(24)22(18)12-17)13-20(27)15-28-21-8-3-2-4-9-21/h2-4,8-12,19-20,23,27H,5-7,13-15,24H2,1H3,(H,25,26)/t19?,20-,23?/m0/s1. The van der Waals surface area contributed by atoms with Crippen molar-refractivity contribution in [3.05, 3.63) is 65.2 Å². The molecular weight excluding hydrogens is 352 g/mol. The van der Waals surface area contributed by atoms with Gasteiger partial charge in [0.2, 0.25) is 5.91 Å². The van der Waals surface area contributed by atoms with E-state index in [9.17, 15) is 9.90 Å². The molecule has 1 aliphatic carbocycles. The predicted molar refractivity (Wildman–Crippen MR) is 110 cm³/mol. The molecule has 1 aliphatic rings. The molecule has 3 atom stereocenters. The number of hydrogen-bond acceptors (Lipinski definition) is 4. The van der Waals surface area contributed by atoms with Crippen LogP contribution in [0.1, 0.15) is 48.9 Å². The first-order valence-corrected chi connectivity index (χ1v) is 10.0. The zero-order chi connectivity index (χ0) is 19.9. The summed E-state index contributed by atoms with van der Waals surface area (Å²) in [5.74, 6) is 0.921. The van der Waals surface area contributed by atoms with Crippen LogP contribution in [-0.4, -0.2) is 23.7 Å². The van der Waals surface area contributed by atoms with Gasteiger partial charge in [-0.3, -0.25) is 4.79 Å². The molecule has 5 nitrogen and oxygen atoms in total. The van der Waals surface area contributed by atoms with E-state index in [1.54, 1.807) is 0 Å². The number of aliphatic hydroxyl groups is 1. The third kappa shape index (κ3) is 5.57. The molecule has 0 heterocycles. The number of benzene rings is 2. The van der Waals surface area contributed by atoms with Crippen molar-refractivity contribution in [2.24, 2.45) is 11.7 Å². The normalized spacial score (nSPS) is 20.0. The maximum atomic E-state index is 11.2. The largest absolute Gasteiger partial charge is 0.491 e. The molecule has 2 unspecified atom stereocenters. The van der Waals surface area contributed by atoms with E-state index in [2.05, 4.69) is 23.5 Å². The minimum absolute atomic E-state index is 0.0429. The van der Waals surface area contributed by atoms with Crippen LogP contribution in [0.5, 0.6) is 5.75 Å². The zero-order valence-corrected chi connectivity index (χ0v) is 16.4. The quantitative estimate of drug-likeness (QED) is 0.643. The molecule has 28 heavy (non-hydrogen) atoms. The van der Waals surface area contributed by atoms with Gasteiger partial charge in [-0.2, -0.15) is 0 Å². The summed E-state index contributed by atoms with van der Waals surface area (Å²) in [6.45, 7) is 2.29. The number of para-hydroxylation sites is 1. The van der Waals surface area contributed by atoms with Gasteiger partial charge in [-0.15, -0.1) is 0 Å². The topological polar surface area (TPSA) is 84.6 Å². The van der Waals surface area contributed by atoms with Crippen LogP contribution in [0.15, 0.2) is 48.5 Å². The van der Waals surface area contributed by atoms with Gasteiger partial charge in [-0.1, -0.05) is 36.4 Å². The highest BCUT2D eigenvalue weighted by Crippen LogP contribution is 2.35. The van der Waals surface area contributed by atoms with Crippen molar-refractivity contribution in [3.63, 3.8) is 0 Å². The van der Waals surface area contributed by atoms with Gasteiger partial charge in [0.1, 0.15) is 12.4 Å². The molecular formula is C23H30N2O3. The fraction of sp³-hybridized carbons (Fsp3) is 0.435. The third-order valence-electron chi connectivity index (χ3n) is 5.40. The van der Waals surface area contributed by atoms with E-state index in [0.29, 0.717) is 13.0 Å². The highest BCUT2D eigenvalue weighted by Gasteiger charge is 2.27. The van der Waals surface area contributed by atoms with Crippen LogP contribution in [0, 0.1) is 5.92 Å². The smallest absolute Gasteiger partial charge is 0.217 e. The molecule has 2 aromatic rings. The number of hydrogen-bond donors (Lipinski definition) is 3. The summed E-state index contributed by atoms with van der Waals surface area (Å²) in [5, 5.41) is 13.3. The van der Waals surface area contributed by atoms with Gasteiger partial charge < -0.3 is 20.9 Å². The number of amides is 1. The van der Waals surface area contributed by atoms with Crippen molar-refractivity contribution in [1.82, 2.24) is 5.32 Å². The second-order valence-electron chi connectivity index (χ2n) is 7.63. The SMILES string of the molecule is CC(=O)NCc1ccc2c(c1)C(N)C(C[C@H](O)COc1ccccc1)CCC2. The Hall–Kier alpha value is -2.37. The summed E-state index contributed by atoms with van der Waals surface area (Å²) in [5.41, 5.74) is 10.1. The minimum Gasteiger partial charge on any atom is -0.491 e. The van der Waals surface area contributed by atoms with Crippen LogP contribution in [0.3, 0.4) is 0 Å². The van der Waals surface area contributed by atoms with Gasteiger partial charge in [0.25, 0.3) is 0 Å². The second-order valence-corrected chi connectivity index (χ2v) is 7.63. The molecule has 0 radical (unpaired) electrons. The van der Waals surface area contributed by atoms with Gasteiger partial charge >= 0.3 is 0 Å². The van der Waals surface area contributed by atoms with E-state index in [-0.39, 0.29) is 24.5 Å². The molecule has 0 spiro atoms. The molecule has 0 aliphatic heterocycles. The average Bonchev–Trinajstić information content (AvgIpc) is 2.85. The van der Waals surface area contributed by atoms with Crippen LogP contribution in [0.2, 0.25) is 0 Å². The first-order chi connectivity index (χ1) is 13.5. The Balaban J connectivity index is 1.63. The number of rotatable bonds is 7. The van der Waals surface area contributed by atoms with E-state index in [0.717, 1.165) is 36.1 Å². The van der Waals surface area contributed by atoms with Crippen molar-refractivity contribution in [1.29, 1.82) is 0 Å². The number of carbonyl (C=O) groups is 1. The molecule has 0 aromatic heterocycles. The fourth-order valence-corrected chi connectivity index (χ4v) is 3.90. The predicted octanol–water partition coefficient (Wildman–Crippen LogP) is 3.11. The molecule has 0 saturated carbocycles. The van der Waals surface area contributed by atoms with Crippen LogP contribution in [0.25, 0.3) is 0 Å². The number of nitrogens with one attached hydrogen (secondary N) is 1. The summed E-state index contributed by atoms with van der Waals surface area (Å²) >= 11 is 0. The molecule has 4 N–H and O–H groups in total. The lowest BCUT2D eigenvalue weighted by Gasteiger charge is -2.26. The van der Waals surface area contributed by atoms with E-state index in [1.165, 1.54) is 12.5 Å². The summed E-state index contributed by atoms with van der Waals surface area (Å²) in [4.78, 5) is 11.2. The molecule has 2 aromatic carbocycles. The van der Waals surface area contributed by atoms with E-state index in [4.69, 9.17) is 10.5 Å². The van der Waals surface area contributed by atoms with Crippen molar-refractivity contribution in [2.75, 3.05) is 6.61 Å². The van der Waals surface area contributed by atoms with Gasteiger partial charge in [0.05, 0.1) is 6.10 Å². The molecule has 0 saturated heterocycles. The van der Waals surface area contributed by atoms with Gasteiger partial charge in [0, 0.05) is 19.5 Å². The Morgan fingerprint density at radius 3 is 2.82 bits per heavy atom. The number of fused-ring (bicyclic) bond motifs is 1. The molecule has 5 heteroatoms. The van der Waals surface area contributed by atoms with Crippen LogP contribution < -0.4 is 15.8 Å². The minimum atomic E-state index is -0.555. The lowest BCUT2D eigenvalue weighted by Crippen LogP contribution is -2.28. The second kappa shape index (κ2) is 9.71. The number of aryl methyl sites for hydroxylation is 1. The molecule has 1 amide bonds. The highest BCUT2D eigenvalue weighted by atomic mass is 16.5. The molecule has 0 bridgehead atoms. The summed E-state index contributed by atoms with van der Waals surface area (Å²) in [6.07, 6.45) is 3.10. The first kappa shape index (κ1) is 20.4. The number of aliphatic hydroxyl groups excluding tert-OH is 1. The van der Waals surface area contributed by atoms with E-state index >= 15 is 0 Å². The average molecular weight is 383 g/mol. The first-order valence-electron chi connectivity index (χ1n) is 10.0. The molecule has 0 fully saturated rings. The highest BCUT2D eigenvalue weighted by molar-refractivity contribution is 5.72. The van der Waals surface area contributed by atoms with Gasteiger partial charge in [-0.25, -0.2) is 0 Å². The van der Waals surface area contributed by atoms with Gasteiger partial charge in [0.15, 0.2) is 0 Å². The summed E-state index contributed by atoms with van der Waals surface area (Å²) in [6, 6.07) is 15.7. The zero-order valence-electron chi connectivity index (χ0n) is 16.4. The molecule has 150 valence electrons. The fourth-order valence-electron chi connectivity index (χ4n) is 3.90. The van der Waals surface area contributed by atoms with Crippen LogP contribution in [0.4, 0.5) is 0 Å². The van der Waals surface area contributed by atoms with Crippen LogP contribution >= 0.6 is 0 Å². The van der Waals surface area contributed by atoms with Crippen molar-refractivity contribution >= 4 is 5.91 Å². The Labute approximate surface area is 166 Å². The van der Waals surface area contributed by atoms with E-state index in [1.807, 2.05) is 30.3 Å². The van der Waals surface area contributed by atoms with Crippen molar-refractivity contribution < 1.29 is 14.6 Å². The summed E-state index contributed by atoms with van der Waals surface area (Å²) < 4.78 is 5.69.